The van der Waals surface area contributed by atoms with Crippen LogP contribution in [0.25, 0.3) is 0 Å². The van der Waals surface area contributed by atoms with Crippen molar-refractivity contribution in [1.29, 1.82) is 0 Å². The largest absolute Gasteiger partial charge is 0.391 e. The maximum Gasteiger partial charge on any atom is 0.326 e. The monoisotopic (exact) mass is 469 g/mol. The number of carbonyl (C=O) groups is 2. The van der Waals surface area contributed by atoms with Gasteiger partial charge in [-0.3, -0.25) is 10.1 Å². The predicted octanol–water partition coefficient (Wildman–Crippen LogP) is 6.29. The number of hydrogen-bond donors (Lipinski definition) is 2. The van der Waals surface area contributed by atoms with Gasteiger partial charge in [-0.05, 0) is 53.9 Å². The van der Waals surface area contributed by atoms with Crippen molar-refractivity contribution in [3.8, 4) is 0 Å². The number of nitrogens with one attached hydrogen (secondary N) is 2. The van der Waals surface area contributed by atoms with Gasteiger partial charge >= 0.3 is 6.03 Å². The molecule has 3 aromatic rings. The third-order valence-electron chi connectivity index (χ3n) is 4.48. The fourth-order valence-electron chi connectivity index (χ4n) is 2.81. The molecule has 6 nitrogen and oxygen atoms in total. The molecule has 3 rings (SSSR count). The highest BCUT2D eigenvalue weighted by Gasteiger charge is 2.13. The first kappa shape index (κ1) is 23.3. The van der Waals surface area contributed by atoms with Gasteiger partial charge in [0, 0.05) is 10.7 Å². The Kier molecular flexibility index (Phi) is 8.25. The lowest BCUT2D eigenvalue weighted by Gasteiger charge is -2.09. The highest BCUT2D eigenvalue weighted by molar-refractivity contribution is 6.34. The van der Waals surface area contributed by atoms with E-state index in [4.69, 9.17) is 28.0 Å². The summed E-state index contributed by atoms with van der Waals surface area (Å²) in [5.74, 6) is -0.580. The van der Waals surface area contributed by atoms with E-state index in [-0.39, 0.29) is 17.2 Å². The zero-order valence-electron chi connectivity index (χ0n) is 17.3. The second-order valence-corrected chi connectivity index (χ2v) is 7.60. The van der Waals surface area contributed by atoms with Gasteiger partial charge in [-0.25, -0.2) is 4.79 Å². The number of urea groups is 1. The summed E-state index contributed by atoms with van der Waals surface area (Å²) in [5, 5.41) is 10.0. The molecule has 3 aromatic carbocycles. The van der Waals surface area contributed by atoms with E-state index in [0.717, 1.165) is 16.8 Å². The molecule has 8 heteroatoms. The lowest BCUT2D eigenvalue weighted by Crippen LogP contribution is -2.34. The number of benzene rings is 3. The quantitative estimate of drug-likeness (QED) is 0.315. The summed E-state index contributed by atoms with van der Waals surface area (Å²) in [6.45, 7) is 2.27. The van der Waals surface area contributed by atoms with Gasteiger partial charge in [0.25, 0.3) is 5.91 Å². The van der Waals surface area contributed by atoms with Crippen LogP contribution in [-0.4, -0.2) is 17.6 Å². The van der Waals surface area contributed by atoms with Crippen LogP contribution in [0.5, 0.6) is 0 Å². The number of oxime groups is 1. The molecule has 0 aromatic heterocycles. The molecule has 0 aliphatic carbocycles. The molecule has 2 N–H and O–H groups in total. The van der Waals surface area contributed by atoms with Crippen molar-refractivity contribution in [2.45, 2.75) is 20.0 Å². The van der Waals surface area contributed by atoms with E-state index in [1.54, 1.807) is 48.5 Å². The first-order chi connectivity index (χ1) is 15.5. The van der Waals surface area contributed by atoms with Crippen molar-refractivity contribution < 1.29 is 14.4 Å². The van der Waals surface area contributed by atoms with Gasteiger partial charge in [0.15, 0.2) is 0 Å². The Morgan fingerprint density at radius 2 is 1.62 bits per heavy atom. The van der Waals surface area contributed by atoms with E-state index in [0.29, 0.717) is 17.1 Å². The second kappa shape index (κ2) is 11.3. The standard InChI is InChI=1S/C24H21Cl2N3O3/c1-2-22(17-9-11-18(25)12-10-17)29-32-15-16-7-13-19(14-8-16)27-24(31)28-23(30)20-5-3-4-6-21(20)26/h3-14H,2,15H2,1H3,(H2,27,28,30,31)/b29-22-. The molecule has 0 saturated heterocycles. The van der Waals surface area contributed by atoms with E-state index < -0.39 is 11.9 Å². The van der Waals surface area contributed by atoms with Crippen molar-refractivity contribution in [1.82, 2.24) is 5.32 Å². The Morgan fingerprint density at radius 3 is 2.28 bits per heavy atom. The Hall–Kier alpha value is -3.35. The minimum absolute atomic E-state index is 0.224. The SMILES string of the molecule is CC/C(=N/OCc1ccc(NC(=O)NC(=O)c2ccccc2Cl)cc1)c1ccc(Cl)cc1. The molecule has 32 heavy (non-hydrogen) atoms. The zero-order valence-corrected chi connectivity index (χ0v) is 18.8. The number of nitrogens with zero attached hydrogens (tertiary/aromatic N) is 1. The number of amides is 3. The molecule has 0 saturated carbocycles. The zero-order chi connectivity index (χ0) is 22.9. The average molecular weight is 470 g/mol. The average Bonchev–Trinajstić information content (AvgIpc) is 2.79. The predicted molar refractivity (Wildman–Crippen MR) is 127 cm³/mol. The lowest BCUT2D eigenvalue weighted by atomic mass is 10.1. The van der Waals surface area contributed by atoms with Gasteiger partial charge in [-0.15, -0.1) is 0 Å². The van der Waals surface area contributed by atoms with Crippen LogP contribution in [-0.2, 0) is 11.4 Å². The Balaban J connectivity index is 1.52. The van der Waals surface area contributed by atoms with E-state index in [1.807, 2.05) is 31.2 Å². The number of imide groups is 1. The van der Waals surface area contributed by atoms with Gasteiger partial charge < -0.3 is 10.2 Å². The first-order valence-electron chi connectivity index (χ1n) is 9.87. The number of halogens is 2. The number of anilines is 1. The van der Waals surface area contributed by atoms with Crippen molar-refractivity contribution in [2.24, 2.45) is 5.16 Å². The second-order valence-electron chi connectivity index (χ2n) is 6.76. The Bertz CT molecular complexity index is 1110. The highest BCUT2D eigenvalue weighted by Crippen LogP contribution is 2.16. The van der Waals surface area contributed by atoms with Crippen LogP contribution in [0.3, 0.4) is 0 Å². The maximum atomic E-state index is 12.1. The Labute approximate surface area is 196 Å². The van der Waals surface area contributed by atoms with E-state index in [2.05, 4.69) is 15.8 Å². The van der Waals surface area contributed by atoms with Crippen molar-refractivity contribution >= 4 is 46.5 Å². The topological polar surface area (TPSA) is 79.8 Å². The summed E-state index contributed by atoms with van der Waals surface area (Å²) >= 11 is 11.9. The van der Waals surface area contributed by atoms with Gasteiger partial charge in [0.1, 0.15) is 6.61 Å². The van der Waals surface area contributed by atoms with Gasteiger partial charge in [0.05, 0.1) is 16.3 Å². The molecule has 0 aliphatic heterocycles. The van der Waals surface area contributed by atoms with Crippen LogP contribution in [0, 0.1) is 0 Å². The van der Waals surface area contributed by atoms with Crippen LogP contribution in [0.4, 0.5) is 10.5 Å². The molecule has 0 aliphatic rings. The summed E-state index contributed by atoms with van der Waals surface area (Å²) in [7, 11) is 0. The minimum Gasteiger partial charge on any atom is -0.391 e. The Morgan fingerprint density at radius 1 is 0.938 bits per heavy atom. The summed E-state index contributed by atoms with van der Waals surface area (Å²) < 4.78 is 0. The van der Waals surface area contributed by atoms with E-state index in [1.165, 1.54) is 0 Å². The molecule has 0 unspecified atom stereocenters. The smallest absolute Gasteiger partial charge is 0.326 e. The van der Waals surface area contributed by atoms with Crippen LogP contribution < -0.4 is 10.6 Å². The molecule has 0 bridgehead atoms. The number of rotatable bonds is 7. The van der Waals surface area contributed by atoms with Crippen LogP contribution in [0.15, 0.2) is 78.0 Å². The summed E-state index contributed by atoms with van der Waals surface area (Å²) in [6.07, 6.45) is 0.715. The van der Waals surface area contributed by atoms with Gasteiger partial charge in [0.2, 0.25) is 0 Å². The lowest BCUT2D eigenvalue weighted by molar-refractivity contribution is 0.0967. The number of hydrogen-bond acceptors (Lipinski definition) is 4. The third-order valence-corrected chi connectivity index (χ3v) is 5.06. The minimum atomic E-state index is -0.654. The molecule has 0 spiro atoms. The third kappa shape index (κ3) is 6.57. The molecule has 3 amide bonds. The molecule has 0 fully saturated rings. The first-order valence-corrected chi connectivity index (χ1v) is 10.6. The number of carbonyl (C=O) groups excluding carboxylic acids is 2. The summed E-state index contributed by atoms with van der Waals surface area (Å²) in [6, 6.07) is 20.3. The molecular formula is C24H21Cl2N3O3. The van der Waals surface area contributed by atoms with E-state index >= 15 is 0 Å². The van der Waals surface area contributed by atoms with Crippen molar-refractivity contribution in [3.05, 3.63) is 99.5 Å². The normalized spacial score (nSPS) is 11.0. The summed E-state index contributed by atoms with van der Waals surface area (Å²) in [5.41, 5.74) is 3.39. The molecule has 0 atom stereocenters. The van der Waals surface area contributed by atoms with Crippen molar-refractivity contribution in [2.75, 3.05) is 5.32 Å². The van der Waals surface area contributed by atoms with Crippen LogP contribution in [0.1, 0.15) is 34.8 Å². The van der Waals surface area contributed by atoms with Crippen molar-refractivity contribution in [3.63, 3.8) is 0 Å². The van der Waals surface area contributed by atoms with E-state index in [9.17, 15) is 9.59 Å². The molecule has 164 valence electrons. The maximum absolute atomic E-state index is 12.1. The fraction of sp³-hybridized carbons (Fsp3) is 0.125. The van der Waals surface area contributed by atoms with Gasteiger partial charge in [-0.2, -0.15) is 0 Å². The molecular weight excluding hydrogens is 449 g/mol. The highest BCUT2D eigenvalue weighted by atomic mass is 35.5. The van der Waals surface area contributed by atoms with Crippen LogP contribution >= 0.6 is 23.2 Å². The van der Waals surface area contributed by atoms with Crippen LogP contribution in [0.2, 0.25) is 10.0 Å². The summed E-state index contributed by atoms with van der Waals surface area (Å²) in [4.78, 5) is 29.7. The molecule has 0 heterocycles. The fourth-order valence-corrected chi connectivity index (χ4v) is 3.16. The van der Waals surface area contributed by atoms with Gasteiger partial charge in [-0.1, -0.05) is 71.7 Å². The molecule has 0 radical (unpaired) electrons.